The van der Waals surface area contributed by atoms with E-state index in [9.17, 15) is 13.2 Å². The van der Waals surface area contributed by atoms with Gasteiger partial charge in [0, 0.05) is 17.6 Å². The molecule has 1 N–H and O–H groups in total. The minimum Gasteiger partial charge on any atom is -0.352 e. The lowest BCUT2D eigenvalue weighted by molar-refractivity contribution is -0.124. The van der Waals surface area contributed by atoms with Crippen molar-refractivity contribution in [2.75, 3.05) is 6.54 Å². The fraction of sp³-hybridized carbons (Fsp3) is 0.350. The monoisotopic (exact) mass is 406 g/mol. The molecule has 1 fully saturated rings. The smallest absolute Gasteiger partial charge is 0.243 e. The number of rotatable bonds is 6. The minimum atomic E-state index is -3.68. The number of benzene rings is 2. The Bertz CT molecular complexity index is 902. The van der Waals surface area contributed by atoms with Crippen LogP contribution in [0.4, 0.5) is 0 Å². The van der Waals surface area contributed by atoms with Gasteiger partial charge in [0.1, 0.15) is 6.04 Å². The van der Waals surface area contributed by atoms with E-state index < -0.39 is 16.1 Å². The summed E-state index contributed by atoms with van der Waals surface area (Å²) in [5.74, 6) is -0.258. The summed E-state index contributed by atoms with van der Waals surface area (Å²) in [5, 5.41) is 3.61. The number of hydrogen-bond donors (Lipinski definition) is 1. The molecule has 3 rings (SSSR count). The normalized spacial score (nSPS) is 19.0. The number of sulfonamides is 1. The Labute approximate surface area is 165 Å². The van der Waals surface area contributed by atoms with Crippen molar-refractivity contribution in [1.82, 2.24) is 9.62 Å². The van der Waals surface area contributed by atoms with Crippen LogP contribution in [-0.4, -0.2) is 37.3 Å². The van der Waals surface area contributed by atoms with Gasteiger partial charge in [-0.05, 0) is 49.9 Å². The zero-order chi connectivity index (χ0) is 19.4. The second-order valence-electron chi connectivity index (χ2n) is 6.79. The summed E-state index contributed by atoms with van der Waals surface area (Å²) >= 11 is 6.18. The van der Waals surface area contributed by atoms with Gasteiger partial charge in [0.2, 0.25) is 15.9 Å². The van der Waals surface area contributed by atoms with Crippen molar-refractivity contribution >= 4 is 27.5 Å². The summed E-state index contributed by atoms with van der Waals surface area (Å²) in [6.07, 6.45) is 1.78. The van der Waals surface area contributed by atoms with Crippen LogP contribution in [0.25, 0.3) is 0 Å². The average Bonchev–Trinajstić information content (AvgIpc) is 3.15. The van der Waals surface area contributed by atoms with Crippen LogP contribution in [0.1, 0.15) is 25.3 Å². The van der Waals surface area contributed by atoms with Gasteiger partial charge in [-0.15, -0.1) is 0 Å². The Morgan fingerprint density at radius 1 is 1.19 bits per heavy atom. The van der Waals surface area contributed by atoms with Crippen LogP contribution in [0.2, 0.25) is 5.02 Å². The average molecular weight is 407 g/mol. The summed E-state index contributed by atoms with van der Waals surface area (Å²) in [7, 11) is -3.68. The van der Waals surface area contributed by atoms with Crippen LogP contribution in [0, 0.1) is 0 Å². The SMILES string of the molecule is C[C@H](Cc1ccccc1Cl)NC(=O)[C@H]1CCCN1S(=O)(=O)c1ccccc1. The van der Waals surface area contributed by atoms with Gasteiger partial charge in [0.25, 0.3) is 0 Å². The maximum Gasteiger partial charge on any atom is 0.243 e. The van der Waals surface area contributed by atoms with Crippen molar-refractivity contribution in [3.05, 3.63) is 65.2 Å². The maximum absolute atomic E-state index is 12.9. The molecule has 0 aliphatic carbocycles. The fourth-order valence-electron chi connectivity index (χ4n) is 3.40. The molecule has 1 aliphatic rings. The number of halogens is 1. The Kier molecular flexibility index (Phi) is 6.19. The number of nitrogens with zero attached hydrogens (tertiary/aromatic N) is 1. The second-order valence-corrected chi connectivity index (χ2v) is 9.09. The van der Waals surface area contributed by atoms with E-state index in [2.05, 4.69) is 5.32 Å². The zero-order valence-electron chi connectivity index (χ0n) is 15.1. The molecule has 1 amide bonds. The van der Waals surface area contributed by atoms with E-state index in [1.807, 2.05) is 31.2 Å². The first-order valence-electron chi connectivity index (χ1n) is 9.00. The van der Waals surface area contributed by atoms with Crippen molar-refractivity contribution in [2.45, 2.75) is 43.2 Å². The van der Waals surface area contributed by atoms with Gasteiger partial charge in [0.15, 0.2) is 0 Å². The van der Waals surface area contributed by atoms with E-state index in [0.29, 0.717) is 30.8 Å². The molecule has 2 atom stereocenters. The lowest BCUT2D eigenvalue weighted by Crippen LogP contribution is -2.48. The summed E-state index contributed by atoms with van der Waals surface area (Å²) < 4.78 is 27.1. The molecule has 0 radical (unpaired) electrons. The van der Waals surface area contributed by atoms with Crippen LogP contribution in [-0.2, 0) is 21.2 Å². The number of hydrogen-bond acceptors (Lipinski definition) is 3. The van der Waals surface area contributed by atoms with Gasteiger partial charge in [-0.3, -0.25) is 4.79 Å². The van der Waals surface area contributed by atoms with Crippen LogP contribution >= 0.6 is 11.6 Å². The predicted octanol–water partition coefficient (Wildman–Crippen LogP) is 3.24. The fourth-order valence-corrected chi connectivity index (χ4v) is 5.29. The van der Waals surface area contributed by atoms with Crippen LogP contribution < -0.4 is 5.32 Å². The molecule has 0 unspecified atom stereocenters. The van der Waals surface area contributed by atoms with Crippen molar-refractivity contribution < 1.29 is 13.2 Å². The van der Waals surface area contributed by atoms with E-state index in [1.165, 1.54) is 4.31 Å². The molecule has 7 heteroatoms. The predicted molar refractivity (Wildman–Crippen MR) is 106 cm³/mol. The lowest BCUT2D eigenvalue weighted by Gasteiger charge is -2.25. The summed E-state index contributed by atoms with van der Waals surface area (Å²) in [4.78, 5) is 13.0. The van der Waals surface area contributed by atoms with Gasteiger partial charge in [0.05, 0.1) is 4.90 Å². The van der Waals surface area contributed by atoms with Crippen molar-refractivity contribution in [3.8, 4) is 0 Å². The third-order valence-electron chi connectivity index (χ3n) is 4.73. The molecule has 2 aromatic rings. The Hall–Kier alpha value is -1.89. The second kappa shape index (κ2) is 8.42. The molecular formula is C20H23ClN2O3S. The van der Waals surface area contributed by atoms with Crippen molar-refractivity contribution in [1.29, 1.82) is 0 Å². The van der Waals surface area contributed by atoms with Gasteiger partial charge in [-0.2, -0.15) is 4.31 Å². The van der Waals surface area contributed by atoms with Crippen LogP contribution in [0.5, 0.6) is 0 Å². The molecule has 1 saturated heterocycles. The first-order chi connectivity index (χ1) is 12.9. The molecule has 2 aromatic carbocycles. The molecule has 0 spiro atoms. The van der Waals surface area contributed by atoms with E-state index in [0.717, 1.165) is 5.56 Å². The quantitative estimate of drug-likeness (QED) is 0.800. The number of amides is 1. The Morgan fingerprint density at radius 3 is 2.56 bits per heavy atom. The Morgan fingerprint density at radius 2 is 1.85 bits per heavy atom. The summed E-state index contributed by atoms with van der Waals surface area (Å²) in [6.45, 7) is 2.25. The first kappa shape index (κ1) is 19.9. The third kappa shape index (κ3) is 4.51. The molecule has 144 valence electrons. The van der Waals surface area contributed by atoms with E-state index >= 15 is 0 Å². The molecule has 0 aromatic heterocycles. The molecule has 27 heavy (non-hydrogen) atoms. The topological polar surface area (TPSA) is 66.5 Å². The number of carbonyl (C=O) groups is 1. The highest BCUT2D eigenvalue weighted by Gasteiger charge is 2.39. The van der Waals surface area contributed by atoms with Crippen LogP contribution in [0.15, 0.2) is 59.5 Å². The molecular weight excluding hydrogens is 384 g/mol. The number of carbonyl (C=O) groups excluding carboxylic acids is 1. The van der Waals surface area contributed by atoms with Gasteiger partial charge in [-0.25, -0.2) is 8.42 Å². The molecule has 0 saturated carbocycles. The largest absolute Gasteiger partial charge is 0.352 e. The first-order valence-corrected chi connectivity index (χ1v) is 10.8. The molecule has 1 heterocycles. The third-order valence-corrected chi connectivity index (χ3v) is 7.02. The Balaban J connectivity index is 1.69. The van der Waals surface area contributed by atoms with Crippen molar-refractivity contribution in [3.63, 3.8) is 0 Å². The number of nitrogens with one attached hydrogen (secondary N) is 1. The van der Waals surface area contributed by atoms with Gasteiger partial charge >= 0.3 is 0 Å². The maximum atomic E-state index is 12.9. The minimum absolute atomic E-state index is 0.153. The zero-order valence-corrected chi connectivity index (χ0v) is 16.7. The highest BCUT2D eigenvalue weighted by molar-refractivity contribution is 7.89. The molecule has 0 bridgehead atoms. The molecule has 5 nitrogen and oxygen atoms in total. The summed E-state index contributed by atoms with van der Waals surface area (Å²) in [5.41, 5.74) is 0.951. The van der Waals surface area contributed by atoms with Crippen molar-refractivity contribution in [2.24, 2.45) is 0 Å². The lowest BCUT2D eigenvalue weighted by atomic mass is 10.1. The highest BCUT2D eigenvalue weighted by Crippen LogP contribution is 2.26. The highest BCUT2D eigenvalue weighted by atomic mass is 35.5. The van der Waals surface area contributed by atoms with E-state index in [-0.39, 0.29) is 16.8 Å². The van der Waals surface area contributed by atoms with E-state index in [1.54, 1.807) is 30.3 Å². The summed E-state index contributed by atoms with van der Waals surface area (Å²) in [6, 6.07) is 14.9. The van der Waals surface area contributed by atoms with Gasteiger partial charge in [-0.1, -0.05) is 48.0 Å². The standard InChI is InChI=1S/C20H23ClN2O3S/c1-15(14-16-8-5-6-11-18(16)21)22-20(24)19-12-7-13-23(19)27(25,26)17-9-3-2-4-10-17/h2-6,8-11,15,19H,7,12-14H2,1H3,(H,22,24)/t15-,19-/m1/s1. The molecule has 1 aliphatic heterocycles. The van der Waals surface area contributed by atoms with E-state index in [4.69, 9.17) is 11.6 Å². The van der Waals surface area contributed by atoms with Gasteiger partial charge < -0.3 is 5.32 Å². The van der Waals surface area contributed by atoms with Crippen LogP contribution in [0.3, 0.4) is 0 Å².